The Morgan fingerprint density at radius 1 is 1.21 bits per heavy atom. The fourth-order valence-electron chi connectivity index (χ4n) is 2.33. The Kier molecular flexibility index (Phi) is 3.58. The Balaban J connectivity index is 2.57. The number of benzene rings is 1. The third kappa shape index (κ3) is 2.34. The molecule has 1 saturated carbocycles. The maximum atomic E-state index is 13.9. The summed E-state index contributed by atoms with van der Waals surface area (Å²) in [5.74, 6) is -4.62. The van der Waals surface area contributed by atoms with Crippen LogP contribution >= 0.6 is 0 Å². The fourth-order valence-corrected chi connectivity index (χ4v) is 4.25. The number of hydrogen-bond acceptors (Lipinski definition) is 3. The van der Waals surface area contributed by atoms with Gasteiger partial charge >= 0.3 is 5.97 Å². The molecule has 19 heavy (non-hydrogen) atoms. The Bertz CT molecular complexity index is 619. The van der Waals surface area contributed by atoms with Gasteiger partial charge in [-0.25, -0.2) is 22.0 Å². The molecule has 1 N–H and O–H groups in total. The van der Waals surface area contributed by atoms with E-state index in [2.05, 4.69) is 0 Å². The Morgan fingerprint density at radius 3 is 2.32 bits per heavy atom. The molecule has 2 rings (SSSR count). The Hall–Kier alpha value is -1.50. The van der Waals surface area contributed by atoms with Crippen molar-refractivity contribution in [2.45, 2.75) is 35.8 Å². The molecule has 0 heterocycles. The molecule has 0 bridgehead atoms. The van der Waals surface area contributed by atoms with Crippen LogP contribution in [0.3, 0.4) is 0 Å². The lowest BCUT2D eigenvalue weighted by Crippen LogP contribution is -2.20. The molecule has 1 fully saturated rings. The molecule has 0 saturated heterocycles. The van der Waals surface area contributed by atoms with Crippen LogP contribution in [-0.4, -0.2) is 24.7 Å². The van der Waals surface area contributed by atoms with Gasteiger partial charge in [0.15, 0.2) is 15.7 Å². The summed E-state index contributed by atoms with van der Waals surface area (Å²) in [5, 5.41) is 8.01. The summed E-state index contributed by atoms with van der Waals surface area (Å²) < 4.78 is 51.5. The van der Waals surface area contributed by atoms with Crippen LogP contribution in [0.2, 0.25) is 0 Å². The van der Waals surface area contributed by atoms with E-state index in [0.29, 0.717) is 18.9 Å². The van der Waals surface area contributed by atoms with Crippen LogP contribution in [0.25, 0.3) is 0 Å². The van der Waals surface area contributed by atoms with Crippen LogP contribution in [0.1, 0.15) is 36.0 Å². The second-order valence-corrected chi connectivity index (χ2v) is 6.69. The van der Waals surface area contributed by atoms with E-state index in [1.807, 2.05) is 0 Å². The number of aromatic carboxylic acids is 1. The zero-order valence-electron chi connectivity index (χ0n) is 9.90. The normalized spacial score (nSPS) is 16.7. The number of carbonyl (C=O) groups is 1. The van der Waals surface area contributed by atoms with Gasteiger partial charge < -0.3 is 5.11 Å². The number of carboxylic acid groups (broad SMARTS) is 1. The van der Waals surface area contributed by atoms with Crippen LogP contribution < -0.4 is 0 Å². The van der Waals surface area contributed by atoms with Gasteiger partial charge in [0.25, 0.3) is 0 Å². The molecule has 1 aromatic rings. The van der Waals surface area contributed by atoms with Crippen molar-refractivity contribution in [3.05, 3.63) is 29.3 Å². The summed E-state index contributed by atoms with van der Waals surface area (Å²) in [4.78, 5) is 10.0. The molecular formula is C12H12F2O4S. The maximum Gasteiger partial charge on any atom is 0.341 e. The highest BCUT2D eigenvalue weighted by Gasteiger charge is 2.34. The Labute approximate surface area is 109 Å². The third-order valence-corrected chi connectivity index (χ3v) is 5.59. The van der Waals surface area contributed by atoms with Crippen molar-refractivity contribution >= 4 is 15.8 Å². The van der Waals surface area contributed by atoms with Crippen molar-refractivity contribution in [1.29, 1.82) is 0 Å². The lowest BCUT2D eigenvalue weighted by atomic mass is 10.2. The van der Waals surface area contributed by atoms with Gasteiger partial charge in [0.1, 0.15) is 16.3 Å². The van der Waals surface area contributed by atoms with Gasteiger partial charge in [0.2, 0.25) is 0 Å². The molecule has 0 aromatic heterocycles. The number of halogens is 2. The van der Waals surface area contributed by atoms with Crippen LogP contribution in [-0.2, 0) is 9.84 Å². The van der Waals surface area contributed by atoms with E-state index < -0.39 is 43.1 Å². The van der Waals surface area contributed by atoms with E-state index >= 15 is 0 Å². The predicted octanol–water partition coefficient (Wildman–Crippen LogP) is 2.38. The summed E-state index contributed by atoms with van der Waals surface area (Å²) in [6.45, 7) is 0. The minimum Gasteiger partial charge on any atom is -0.477 e. The van der Waals surface area contributed by atoms with Gasteiger partial charge in [-0.05, 0) is 25.0 Å². The van der Waals surface area contributed by atoms with Gasteiger partial charge in [-0.2, -0.15) is 0 Å². The number of carboxylic acids is 1. The smallest absolute Gasteiger partial charge is 0.341 e. The minimum atomic E-state index is -3.95. The molecule has 0 amide bonds. The summed E-state index contributed by atoms with van der Waals surface area (Å²) in [7, 11) is -3.95. The first-order valence-electron chi connectivity index (χ1n) is 5.81. The molecule has 1 aliphatic rings. The van der Waals surface area contributed by atoms with E-state index in [9.17, 15) is 22.0 Å². The van der Waals surface area contributed by atoms with Crippen LogP contribution in [0.15, 0.2) is 17.0 Å². The van der Waals surface area contributed by atoms with Crippen molar-refractivity contribution in [2.24, 2.45) is 0 Å². The SMILES string of the molecule is O=C(O)c1c(F)ccc(S(=O)(=O)C2CCCC2)c1F. The molecule has 0 aliphatic heterocycles. The highest BCUT2D eigenvalue weighted by atomic mass is 32.2. The van der Waals surface area contributed by atoms with Crippen molar-refractivity contribution in [2.75, 3.05) is 0 Å². The molecular weight excluding hydrogens is 278 g/mol. The summed E-state index contributed by atoms with van der Waals surface area (Å²) in [6, 6.07) is 1.47. The van der Waals surface area contributed by atoms with Crippen molar-refractivity contribution in [3.8, 4) is 0 Å². The second kappa shape index (κ2) is 4.88. The lowest BCUT2D eigenvalue weighted by molar-refractivity contribution is 0.0685. The maximum absolute atomic E-state index is 13.9. The third-order valence-electron chi connectivity index (χ3n) is 3.32. The minimum absolute atomic E-state index is 0.418. The molecule has 0 atom stereocenters. The first kappa shape index (κ1) is 13.9. The predicted molar refractivity (Wildman–Crippen MR) is 62.8 cm³/mol. The lowest BCUT2D eigenvalue weighted by Gasteiger charge is -2.13. The molecule has 104 valence electrons. The van der Waals surface area contributed by atoms with Gasteiger partial charge in [0, 0.05) is 0 Å². The highest BCUT2D eigenvalue weighted by Crippen LogP contribution is 2.32. The van der Waals surface area contributed by atoms with Crippen molar-refractivity contribution in [3.63, 3.8) is 0 Å². The quantitative estimate of drug-likeness (QED) is 0.868. The Morgan fingerprint density at radius 2 is 1.79 bits per heavy atom. The number of rotatable bonds is 3. The number of hydrogen-bond donors (Lipinski definition) is 1. The average molecular weight is 290 g/mol. The van der Waals surface area contributed by atoms with Crippen LogP contribution in [0, 0.1) is 11.6 Å². The average Bonchev–Trinajstić information content (AvgIpc) is 2.81. The highest BCUT2D eigenvalue weighted by molar-refractivity contribution is 7.92. The monoisotopic (exact) mass is 290 g/mol. The van der Waals surface area contributed by atoms with Gasteiger partial charge in [0.05, 0.1) is 5.25 Å². The van der Waals surface area contributed by atoms with E-state index in [1.165, 1.54) is 0 Å². The van der Waals surface area contributed by atoms with E-state index in [-0.39, 0.29) is 0 Å². The van der Waals surface area contributed by atoms with Gasteiger partial charge in [-0.3, -0.25) is 0 Å². The summed E-state index contributed by atoms with van der Waals surface area (Å²) in [5.41, 5.74) is -1.22. The molecule has 0 spiro atoms. The standard InChI is InChI=1S/C12H12F2O4S/c13-8-5-6-9(11(14)10(8)12(15)16)19(17,18)7-3-1-2-4-7/h5-7H,1-4H2,(H,15,16). The molecule has 7 heteroatoms. The summed E-state index contributed by atoms with van der Waals surface area (Å²) >= 11 is 0. The zero-order valence-corrected chi connectivity index (χ0v) is 10.7. The zero-order chi connectivity index (χ0) is 14.2. The second-order valence-electron chi connectivity index (χ2n) is 4.49. The largest absolute Gasteiger partial charge is 0.477 e. The van der Waals surface area contributed by atoms with Crippen molar-refractivity contribution < 1.29 is 27.1 Å². The molecule has 1 aromatic carbocycles. The topological polar surface area (TPSA) is 71.4 Å². The number of sulfone groups is 1. The first-order valence-corrected chi connectivity index (χ1v) is 7.35. The molecule has 1 aliphatic carbocycles. The molecule has 0 unspecified atom stereocenters. The van der Waals surface area contributed by atoms with Crippen LogP contribution in [0.5, 0.6) is 0 Å². The molecule has 4 nitrogen and oxygen atoms in total. The van der Waals surface area contributed by atoms with E-state index in [4.69, 9.17) is 5.11 Å². The van der Waals surface area contributed by atoms with E-state index in [1.54, 1.807) is 0 Å². The fraction of sp³-hybridized carbons (Fsp3) is 0.417. The van der Waals surface area contributed by atoms with Gasteiger partial charge in [-0.15, -0.1) is 0 Å². The van der Waals surface area contributed by atoms with Crippen LogP contribution in [0.4, 0.5) is 8.78 Å². The molecule has 0 radical (unpaired) electrons. The first-order chi connectivity index (χ1) is 8.85. The van der Waals surface area contributed by atoms with Crippen molar-refractivity contribution in [1.82, 2.24) is 0 Å². The van der Waals surface area contributed by atoms with E-state index in [0.717, 1.165) is 18.9 Å². The van der Waals surface area contributed by atoms with Gasteiger partial charge in [-0.1, -0.05) is 12.8 Å². The summed E-state index contributed by atoms with van der Waals surface area (Å²) in [6.07, 6.45) is 2.31.